The van der Waals surface area contributed by atoms with Gasteiger partial charge in [-0.2, -0.15) is 9.48 Å². The first-order valence-electron chi connectivity index (χ1n) is 11.2. The van der Waals surface area contributed by atoms with Crippen molar-refractivity contribution < 1.29 is 37.4 Å². The lowest BCUT2D eigenvalue weighted by molar-refractivity contribution is -0.149. The summed E-state index contributed by atoms with van der Waals surface area (Å²) in [6.45, 7) is 6.20. The molecule has 198 valence electrons. The first-order chi connectivity index (χ1) is 16.9. The van der Waals surface area contributed by atoms with Gasteiger partial charge in [0.05, 0.1) is 24.5 Å². The number of esters is 1. The van der Waals surface area contributed by atoms with Crippen LogP contribution in [0.1, 0.15) is 40.3 Å². The summed E-state index contributed by atoms with van der Waals surface area (Å²) < 4.78 is 50.3. The minimum Gasteiger partial charge on any atom is -0.462 e. The molecular formula is C22H29FN3O9P. The number of carbonyl (C=O) groups excluding carboxylic acids is 1. The number of ether oxygens (including phenoxy) is 2. The van der Waals surface area contributed by atoms with Gasteiger partial charge in [0.2, 0.25) is 5.82 Å². The first kappa shape index (κ1) is 27.8. The molecule has 0 spiro atoms. The molecule has 6 atom stereocenters. The van der Waals surface area contributed by atoms with Crippen LogP contribution in [0.2, 0.25) is 0 Å². The predicted molar refractivity (Wildman–Crippen MR) is 125 cm³/mol. The van der Waals surface area contributed by atoms with Crippen LogP contribution in [-0.2, 0) is 23.4 Å². The second-order valence-corrected chi connectivity index (χ2v) is 10.2. The van der Waals surface area contributed by atoms with Gasteiger partial charge in [0, 0.05) is 6.42 Å². The molecule has 0 saturated carbocycles. The molecule has 3 N–H and O–H groups in total. The van der Waals surface area contributed by atoms with Crippen molar-refractivity contribution in [2.75, 3.05) is 0 Å². The lowest BCUT2D eigenvalue weighted by Crippen LogP contribution is -2.40. The van der Waals surface area contributed by atoms with Gasteiger partial charge in [-0.3, -0.25) is 23.7 Å². The molecule has 0 bridgehead atoms. The number of halogens is 1. The summed E-state index contributed by atoms with van der Waals surface area (Å²) in [6.07, 6.45) is -4.42. The molecule has 1 aromatic heterocycles. The van der Waals surface area contributed by atoms with E-state index in [2.05, 4.69) is 5.09 Å². The number of aromatic amines is 1. The van der Waals surface area contributed by atoms with Crippen LogP contribution in [0.5, 0.6) is 5.75 Å². The molecule has 14 heteroatoms. The summed E-state index contributed by atoms with van der Waals surface area (Å²) in [5, 5.41) is 13.1. The molecule has 0 aliphatic carbocycles. The third-order valence-electron chi connectivity index (χ3n) is 5.16. The number of nitrogens with zero attached hydrogens (tertiary/aromatic N) is 1. The van der Waals surface area contributed by atoms with Gasteiger partial charge in [-0.25, -0.2) is 9.36 Å². The quantitative estimate of drug-likeness (QED) is 0.306. The number of aliphatic hydroxyl groups is 1. The molecular weight excluding hydrogens is 500 g/mol. The topological polar surface area (TPSA) is 158 Å². The first-order valence-corrected chi connectivity index (χ1v) is 12.8. The van der Waals surface area contributed by atoms with E-state index >= 15 is 0 Å². The highest BCUT2D eigenvalue weighted by Crippen LogP contribution is 2.47. The average Bonchev–Trinajstić information content (AvgIpc) is 3.17. The number of hydrogen-bond acceptors (Lipinski definition) is 9. The van der Waals surface area contributed by atoms with Gasteiger partial charge in [0.25, 0.3) is 5.56 Å². The molecule has 0 radical (unpaired) electrons. The summed E-state index contributed by atoms with van der Waals surface area (Å²) in [7, 11) is -4.26. The SMILES string of the molecule is CC(C)OC(=O)[C@H](C)N[P@@](=O)(Oc1ccccc1)O[C@@H](C)[C@H]1O[C@@H](n2cc(F)c(=O)[nH]c2=O)C[C@@H]1O. The number of rotatable bonds is 10. The molecule has 1 saturated heterocycles. The van der Waals surface area contributed by atoms with E-state index in [1.165, 1.54) is 26.0 Å². The highest BCUT2D eigenvalue weighted by molar-refractivity contribution is 7.52. The fourth-order valence-corrected chi connectivity index (χ4v) is 5.24. The molecule has 2 heterocycles. The van der Waals surface area contributed by atoms with E-state index < -0.39 is 67.5 Å². The molecule has 1 fully saturated rings. The van der Waals surface area contributed by atoms with E-state index in [0.29, 0.717) is 6.20 Å². The Balaban J connectivity index is 1.79. The van der Waals surface area contributed by atoms with E-state index in [4.69, 9.17) is 18.5 Å². The number of aromatic nitrogens is 2. The standard InChI is InChI=1S/C22H29FN3O9P/c1-12(2)32-21(29)13(3)25-36(31,35-15-8-6-5-7-9-15)34-14(4)19-17(27)10-18(33-19)26-11-16(23)20(28)24-22(26)30/h5-9,11-14,17-19,27H,10H2,1-4H3,(H,25,31)(H,24,28,30)/t13-,14-,17-,18+,19+,36-/m0/s1. The number of hydrogen-bond donors (Lipinski definition) is 3. The van der Waals surface area contributed by atoms with E-state index in [9.17, 15) is 28.4 Å². The third-order valence-corrected chi connectivity index (χ3v) is 6.93. The fourth-order valence-electron chi connectivity index (χ4n) is 3.55. The van der Waals surface area contributed by atoms with Crippen molar-refractivity contribution in [3.05, 3.63) is 63.2 Å². The summed E-state index contributed by atoms with van der Waals surface area (Å²) in [4.78, 5) is 37.5. The normalized spacial score (nSPS) is 23.1. The lowest BCUT2D eigenvalue weighted by Gasteiger charge is -2.29. The molecule has 2 aromatic rings. The van der Waals surface area contributed by atoms with E-state index in [-0.39, 0.29) is 12.2 Å². The number of para-hydroxylation sites is 1. The van der Waals surface area contributed by atoms with Crippen LogP contribution >= 0.6 is 7.75 Å². The zero-order valence-electron chi connectivity index (χ0n) is 20.1. The van der Waals surface area contributed by atoms with Crippen molar-refractivity contribution in [2.24, 2.45) is 0 Å². The Labute approximate surface area is 205 Å². The molecule has 3 rings (SSSR count). The van der Waals surface area contributed by atoms with Gasteiger partial charge in [0.1, 0.15) is 24.1 Å². The minimum atomic E-state index is -4.26. The van der Waals surface area contributed by atoms with Gasteiger partial charge in [-0.15, -0.1) is 0 Å². The average molecular weight is 529 g/mol. The Bertz CT molecular complexity index is 1220. The van der Waals surface area contributed by atoms with Crippen LogP contribution in [-0.4, -0.2) is 51.1 Å². The van der Waals surface area contributed by atoms with Crippen molar-refractivity contribution in [2.45, 2.75) is 70.8 Å². The van der Waals surface area contributed by atoms with Crippen LogP contribution < -0.4 is 20.9 Å². The smallest absolute Gasteiger partial charge is 0.459 e. The Morgan fingerprint density at radius 3 is 2.56 bits per heavy atom. The molecule has 12 nitrogen and oxygen atoms in total. The van der Waals surface area contributed by atoms with Crippen LogP contribution in [0.3, 0.4) is 0 Å². The maximum atomic E-state index is 13.7. The van der Waals surface area contributed by atoms with Gasteiger partial charge in [-0.05, 0) is 39.8 Å². The molecule has 36 heavy (non-hydrogen) atoms. The molecule has 0 unspecified atom stereocenters. The van der Waals surface area contributed by atoms with Gasteiger partial charge in [-0.1, -0.05) is 18.2 Å². The largest absolute Gasteiger partial charge is 0.462 e. The van der Waals surface area contributed by atoms with E-state index in [1.54, 1.807) is 32.0 Å². The minimum absolute atomic E-state index is 0.141. The van der Waals surface area contributed by atoms with Crippen molar-refractivity contribution in [3.63, 3.8) is 0 Å². The van der Waals surface area contributed by atoms with Gasteiger partial charge < -0.3 is 19.1 Å². The lowest BCUT2D eigenvalue weighted by atomic mass is 10.1. The molecule has 1 aliphatic rings. The number of carbonyl (C=O) groups is 1. The Kier molecular flexibility index (Phi) is 8.85. The van der Waals surface area contributed by atoms with Crippen LogP contribution in [0.4, 0.5) is 4.39 Å². The number of benzene rings is 1. The molecule has 0 amide bonds. The number of aliphatic hydroxyl groups excluding tert-OH is 1. The second kappa shape index (κ2) is 11.5. The highest BCUT2D eigenvalue weighted by Gasteiger charge is 2.43. The summed E-state index contributed by atoms with van der Waals surface area (Å²) >= 11 is 0. The molecule has 1 aromatic carbocycles. The van der Waals surface area contributed by atoms with Crippen molar-refractivity contribution in [1.29, 1.82) is 0 Å². The second-order valence-electron chi connectivity index (χ2n) is 8.55. The van der Waals surface area contributed by atoms with Crippen LogP contribution in [0.15, 0.2) is 46.1 Å². The Morgan fingerprint density at radius 1 is 1.25 bits per heavy atom. The summed E-state index contributed by atoms with van der Waals surface area (Å²) in [6, 6.07) is 7.01. The number of nitrogens with one attached hydrogen (secondary N) is 2. The Morgan fingerprint density at radius 2 is 1.92 bits per heavy atom. The van der Waals surface area contributed by atoms with Crippen molar-refractivity contribution >= 4 is 13.7 Å². The fraction of sp³-hybridized carbons (Fsp3) is 0.500. The van der Waals surface area contributed by atoms with Gasteiger partial charge in [0.15, 0.2) is 0 Å². The number of H-pyrrole nitrogens is 1. The summed E-state index contributed by atoms with van der Waals surface area (Å²) in [5.74, 6) is -1.70. The van der Waals surface area contributed by atoms with Gasteiger partial charge >= 0.3 is 19.4 Å². The summed E-state index contributed by atoms with van der Waals surface area (Å²) in [5.41, 5.74) is -2.11. The van der Waals surface area contributed by atoms with E-state index in [0.717, 1.165) is 4.57 Å². The van der Waals surface area contributed by atoms with Crippen LogP contribution in [0, 0.1) is 5.82 Å². The zero-order valence-corrected chi connectivity index (χ0v) is 21.0. The Hall–Kier alpha value is -2.83. The van der Waals surface area contributed by atoms with E-state index in [1.807, 2.05) is 4.98 Å². The predicted octanol–water partition coefficient (Wildman–Crippen LogP) is 1.85. The zero-order chi connectivity index (χ0) is 26.6. The van der Waals surface area contributed by atoms with Crippen molar-refractivity contribution in [1.82, 2.24) is 14.6 Å². The van der Waals surface area contributed by atoms with Crippen LogP contribution in [0.25, 0.3) is 0 Å². The molecule has 1 aliphatic heterocycles. The monoisotopic (exact) mass is 529 g/mol. The van der Waals surface area contributed by atoms with Crippen molar-refractivity contribution in [3.8, 4) is 5.75 Å². The third kappa shape index (κ3) is 6.89. The maximum absolute atomic E-state index is 13.7. The maximum Gasteiger partial charge on any atom is 0.459 e. The highest BCUT2D eigenvalue weighted by atomic mass is 31.2.